The molecule has 26 heavy (non-hydrogen) atoms. The molecule has 5 heteroatoms. The molecule has 0 heterocycles. The van der Waals surface area contributed by atoms with E-state index in [1.165, 1.54) is 5.56 Å². The molecular weight excluding hydrogens is 394 g/mol. The Morgan fingerprint density at radius 1 is 1.12 bits per heavy atom. The number of halogens is 1. The summed E-state index contributed by atoms with van der Waals surface area (Å²) in [5, 5.41) is 2.82. The van der Waals surface area contributed by atoms with Crippen LogP contribution in [0.3, 0.4) is 0 Å². The molecule has 0 atom stereocenters. The lowest BCUT2D eigenvalue weighted by Gasteiger charge is -2.12. The van der Waals surface area contributed by atoms with Gasteiger partial charge in [-0.15, -0.1) is 0 Å². The van der Waals surface area contributed by atoms with Crippen LogP contribution in [-0.4, -0.2) is 19.1 Å². The number of carbonyl (C=O) groups is 1. The van der Waals surface area contributed by atoms with Gasteiger partial charge in [0.1, 0.15) is 11.5 Å². The normalized spacial score (nSPS) is 10.7. The van der Waals surface area contributed by atoms with E-state index in [-0.39, 0.29) is 12.5 Å². The van der Waals surface area contributed by atoms with Gasteiger partial charge in [0.15, 0.2) is 6.61 Å². The molecule has 1 amide bonds. The number of hydrogen-bond acceptors (Lipinski definition) is 3. The molecule has 140 valence electrons. The van der Waals surface area contributed by atoms with Crippen molar-refractivity contribution in [3.63, 3.8) is 0 Å². The highest BCUT2D eigenvalue weighted by Gasteiger charge is 2.08. The van der Waals surface area contributed by atoms with Gasteiger partial charge in [-0.1, -0.05) is 33.3 Å². The van der Waals surface area contributed by atoms with Gasteiger partial charge in [0.05, 0.1) is 11.1 Å². The zero-order valence-electron chi connectivity index (χ0n) is 15.5. The number of rotatable bonds is 9. The van der Waals surface area contributed by atoms with E-state index in [1.807, 2.05) is 42.5 Å². The van der Waals surface area contributed by atoms with E-state index in [2.05, 4.69) is 42.0 Å². The zero-order chi connectivity index (χ0) is 18.9. The summed E-state index contributed by atoms with van der Waals surface area (Å²) >= 11 is 3.50. The van der Waals surface area contributed by atoms with Crippen molar-refractivity contribution in [3.05, 3.63) is 52.5 Å². The van der Waals surface area contributed by atoms with Gasteiger partial charge in [0.2, 0.25) is 0 Å². The molecule has 2 rings (SSSR count). The molecule has 1 N–H and O–H groups in total. The quantitative estimate of drug-likeness (QED) is 0.524. The van der Waals surface area contributed by atoms with Crippen molar-refractivity contribution in [2.75, 3.05) is 18.5 Å². The minimum Gasteiger partial charge on any atom is -0.494 e. The van der Waals surface area contributed by atoms with Gasteiger partial charge in [0.25, 0.3) is 5.91 Å². The largest absolute Gasteiger partial charge is 0.494 e. The number of amides is 1. The van der Waals surface area contributed by atoms with Gasteiger partial charge >= 0.3 is 0 Å². The summed E-state index contributed by atoms with van der Waals surface area (Å²) in [6.45, 7) is 7.06. The first-order valence-electron chi connectivity index (χ1n) is 8.94. The molecule has 0 aliphatic heterocycles. The first-order valence-corrected chi connectivity index (χ1v) is 9.74. The van der Waals surface area contributed by atoms with Crippen LogP contribution in [0.4, 0.5) is 5.69 Å². The van der Waals surface area contributed by atoms with Crippen LogP contribution in [0.2, 0.25) is 0 Å². The number of nitrogens with one attached hydrogen (secondary N) is 1. The van der Waals surface area contributed by atoms with E-state index in [0.717, 1.165) is 28.8 Å². The maximum absolute atomic E-state index is 12.1. The van der Waals surface area contributed by atoms with E-state index < -0.39 is 0 Å². The zero-order valence-corrected chi connectivity index (χ0v) is 17.1. The monoisotopic (exact) mass is 419 g/mol. The second-order valence-electron chi connectivity index (χ2n) is 6.41. The smallest absolute Gasteiger partial charge is 0.262 e. The van der Waals surface area contributed by atoms with Crippen LogP contribution in [0.1, 0.15) is 45.1 Å². The Kier molecular flexibility index (Phi) is 7.98. The van der Waals surface area contributed by atoms with Crippen LogP contribution >= 0.6 is 15.9 Å². The van der Waals surface area contributed by atoms with Gasteiger partial charge in [-0.3, -0.25) is 4.79 Å². The van der Waals surface area contributed by atoms with Gasteiger partial charge in [-0.25, -0.2) is 0 Å². The van der Waals surface area contributed by atoms with Crippen molar-refractivity contribution in [1.29, 1.82) is 0 Å². The SMILES string of the molecule is CCCCOc1ccc(NC(=O)COc2ccc(C(C)C)cc2Br)cc1. The first-order chi connectivity index (χ1) is 12.5. The summed E-state index contributed by atoms with van der Waals surface area (Å²) in [7, 11) is 0. The van der Waals surface area contributed by atoms with E-state index in [1.54, 1.807) is 0 Å². The van der Waals surface area contributed by atoms with Crippen molar-refractivity contribution in [1.82, 2.24) is 0 Å². The molecule has 0 aromatic heterocycles. The lowest BCUT2D eigenvalue weighted by molar-refractivity contribution is -0.118. The number of anilines is 1. The summed E-state index contributed by atoms with van der Waals surface area (Å²) in [4.78, 5) is 12.1. The number of carbonyl (C=O) groups excluding carboxylic acids is 1. The van der Waals surface area contributed by atoms with Crippen LogP contribution in [0.15, 0.2) is 46.9 Å². The standard InChI is InChI=1S/C21H26BrNO3/c1-4-5-12-25-18-9-7-17(8-10-18)23-21(24)14-26-20-11-6-16(15(2)3)13-19(20)22/h6-11,13,15H,4-5,12,14H2,1-3H3,(H,23,24). The third-order valence-electron chi connectivity index (χ3n) is 3.89. The number of hydrogen-bond donors (Lipinski definition) is 1. The molecular formula is C21H26BrNO3. The fourth-order valence-electron chi connectivity index (χ4n) is 2.30. The molecule has 0 saturated carbocycles. The third kappa shape index (κ3) is 6.37. The summed E-state index contributed by atoms with van der Waals surface area (Å²) in [5.74, 6) is 1.70. The number of benzene rings is 2. The summed E-state index contributed by atoms with van der Waals surface area (Å²) in [6.07, 6.45) is 2.13. The Morgan fingerprint density at radius 2 is 1.85 bits per heavy atom. The Bertz CT molecular complexity index is 714. The fourth-order valence-corrected chi connectivity index (χ4v) is 2.81. The highest BCUT2D eigenvalue weighted by Crippen LogP contribution is 2.28. The van der Waals surface area contributed by atoms with Crippen LogP contribution in [0, 0.1) is 0 Å². The molecule has 0 radical (unpaired) electrons. The highest BCUT2D eigenvalue weighted by molar-refractivity contribution is 9.10. The van der Waals surface area contributed by atoms with Crippen molar-refractivity contribution in [2.45, 2.75) is 39.5 Å². The maximum atomic E-state index is 12.1. The Morgan fingerprint density at radius 3 is 2.46 bits per heavy atom. The molecule has 4 nitrogen and oxygen atoms in total. The predicted molar refractivity (Wildman–Crippen MR) is 109 cm³/mol. The van der Waals surface area contributed by atoms with Gasteiger partial charge in [-0.2, -0.15) is 0 Å². The Hall–Kier alpha value is -2.01. The Balaban J connectivity index is 1.83. The van der Waals surface area contributed by atoms with Crippen LogP contribution < -0.4 is 14.8 Å². The lowest BCUT2D eigenvalue weighted by Crippen LogP contribution is -2.20. The van der Waals surface area contributed by atoms with E-state index in [4.69, 9.17) is 9.47 Å². The van der Waals surface area contributed by atoms with E-state index in [0.29, 0.717) is 18.3 Å². The van der Waals surface area contributed by atoms with Gasteiger partial charge < -0.3 is 14.8 Å². The first kappa shape index (κ1) is 20.3. The molecule has 0 unspecified atom stereocenters. The van der Waals surface area contributed by atoms with Crippen LogP contribution in [0.25, 0.3) is 0 Å². The highest BCUT2D eigenvalue weighted by atomic mass is 79.9. The van der Waals surface area contributed by atoms with E-state index in [9.17, 15) is 4.79 Å². The second-order valence-corrected chi connectivity index (χ2v) is 7.26. The summed E-state index contributed by atoms with van der Waals surface area (Å²) < 4.78 is 12.1. The molecule has 0 aliphatic carbocycles. The minimum absolute atomic E-state index is 0.0472. The molecule has 0 bridgehead atoms. The number of ether oxygens (including phenoxy) is 2. The molecule has 0 aliphatic rings. The summed E-state index contributed by atoms with van der Waals surface area (Å²) in [6, 6.07) is 13.3. The van der Waals surface area contributed by atoms with E-state index >= 15 is 0 Å². The van der Waals surface area contributed by atoms with Gasteiger partial charge in [-0.05, 0) is 70.2 Å². The molecule has 0 spiro atoms. The predicted octanol–water partition coefficient (Wildman–Crippen LogP) is 5.77. The van der Waals surface area contributed by atoms with Crippen molar-refractivity contribution >= 4 is 27.5 Å². The van der Waals surface area contributed by atoms with Crippen molar-refractivity contribution < 1.29 is 14.3 Å². The fraction of sp³-hybridized carbons (Fsp3) is 0.381. The lowest BCUT2D eigenvalue weighted by atomic mass is 10.0. The average molecular weight is 420 g/mol. The van der Waals surface area contributed by atoms with Gasteiger partial charge in [0, 0.05) is 5.69 Å². The summed E-state index contributed by atoms with van der Waals surface area (Å²) in [5.41, 5.74) is 1.94. The maximum Gasteiger partial charge on any atom is 0.262 e. The molecule has 2 aromatic carbocycles. The van der Waals surface area contributed by atoms with Crippen molar-refractivity contribution in [2.24, 2.45) is 0 Å². The minimum atomic E-state index is -0.204. The molecule has 0 saturated heterocycles. The molecule has 2 aromatic rings. The van der Waals surface area contributed by atoms with Crippen molar-refractivity contribution in [3.8, 4) is 11.5 Å². The average Bonchev–Trinajstić information content (AvgIpc) is 2.62. The third-order valence-corrected chi connectivity index (χ3v) is 4.51. The topological polar surface area (TPSA) is 47.6 Å². The van der Waals surface area contributed by atoms with Crippen LogP contribution in [-0.2, 0) is 4.79 Å². The molecule has 0 fully saturated rings. The number of unbranched alkanes of at least 4 members (excludes halogenated alkanes) is 1. The Labute approximate surface area is 164 Å². The second kappa shape index (κ2) is 10.2. The van der Waals surface area contributed by atoms with Crippen LogP contribution in [0.5, 0.6) is 11.5 Å².